The lowest BCUT2D eigenvalue weighted by Crippen LogP contribution is -2.03. The van der Waals surface area contributed by atoms with Crippen LogP contribution in [-0.4, -0.2) is 19.3 Å². The first-order chi connectivity index (χ1) is 7.44. The van der Waals surface area contributed by atoms with Gasteiger partial charge in [0.15, 0.2) is 5.85 Å². The van der Waals surface area contributed by atoms with E-state index in [0.717, 1.165) is 0 Å². The van der Waals surface area contributed by atoms with E-state index in [2.05, 4.69) is 9.05 Å². The maximum Gasteiger partial charge on any atom is 0.362 e. The van der Waals surface area contributed by atoms with Crippen LogP contribution in [0.15, 0.2) is 18.2 Å². The fourth-order valence-corrected chi connectivity index (χ4v) is 2.86. The zero-order valence-corrected chi connectivity index (χ0v) is 11.1. The van der Waals surface area contributed by atoms with Crippen molar-refractivity contribution in [3.63, 3.8) is 0 Å². The van der Waals surface area contributed by atoms with Gasteiger partial charge in [0.1, 0.15) is 0 Å². The van der Waals surface area contributed by atoms with Crippen molar-refractivity contribution in [2.75, 3.05) is 14.2 Å². The average molecular weight is 285 g/mol. The first-order valence-corrected chi connectivity index (χ1v) is 6.65. The Kier molecular flexibility index (Phi) is 4.80. The molecule has 1 atom stereocenters. The molecule has 16 heavy (non-hydrogen) atoms. The zero-order valence-electron chi connectivity index (χ0n) is 8.68. The third-order valence-electron chi connectivity index (χ3n) is 2.05. The number of benzene rings is 1. The molecule has 0 amide bonds. The van der Waals surface area contributed by atoms with Crippen LogP contribution < -0.4 is 0 Å². The zero-order chi connectivity index (χ0) is 12.3. The van der Waals surface area contributed by atoms with E-state index >= 15 is 0 Å². The highest BCUT2D eigenvalue weighted by Crippen LogP contribution is 2.59. The Morgan fingerprint density at radius 1 is 1.31 bits per heavy atom. The first kappa shape index (κ1) is 14.0. The Balaban J connectivity index is 3.14. The van der Waals surface area contributed by atoms with Crippen LogP contribution in [0.1, 0.15) is 11.4 Å². The van der Waals surface area contributed by atoms with Crippen LogP contribution in [0.2, 0.25) is 10.0 Å². The van der Waals surface area contributed by atoms with Crippen molar-refractivity contribution >= 4 is 30.8 Å². The molecule has 0 spiro atoms. The predicted octanol–water partition coefficient (Wildman–Crippen LogP) is 3.47. The van der Waals surface area contributed by atoms with E-state index in [9.17, 15) is 9.67 Å². The summed E-state index contributed by atoms with van der Waals surface area (Å²) in [5.74, 6) is -1.44. The molecule has 1 unspecified atom stereocenters. The Bertz CT molecular complexity index is 416. The van der Waals surface area contributed by atoms with Crippen molar-refractivity contribution in [2.24, 2.45) is 0 Å². The fourth-order valence-electron chi connectivity index (χ4n) is 1.16. The van der Waals surface area contributed by atoms with E-state index in [4.69, 9.17) is 23.2 Å². The number of aliphatic hydroxyl groups is 1. The lowest BCUT2D eigenvalue weighted by molar-refractivity contribution is 0.176. The summed E-state index contributed by atoms with van der Waals surface area (Å²) in [6.45, 7) is 0. The lowest BCUT2D eigenvalue weighted by Gasteiger charge is -2.20. The second kappa shape index (κ2) is 5.50. The van der Waals surface area contributed by atoms with Gasteiger partial charge in [-0.1, -0.05) is 29.3 Å². The summed E-state index contributed by atoms with van der Waals surface area (Å²) in [4.78, 5) is 0. The second-order valence-electron chi connectivity index (χ2n) is 2.94. The molecule has 90 valence electrons. The highest BCUT2D eigenvalue weighted by Gasteiger charge is 2.34. The summed E-state index contributed by atoms with van der Waals surface area (Å²) in [6.07, 6.45) is 0. The van der Waals surface area contributed by atoms with Crippen LogP contribution in [-0.2, 0) is 13.6 Å². The van der Waals surface area contributed by atoms with E-state index in [0.29, 0.717) is 5.02 Å². The van der Waals surface area contributed by atoms with E-state index in [1.54, 1.807) is 0 Å². The molecule has 0 aromatic heterocycles. The maximum atomic E-state index is 11.9. The predicted molar refractivity (Wildman–Crippen MR) is 63.0 cm³/mol. The van der Waals surface area contributed by atoms with Gasteiger partial charge in [-0.05, 0) is 12.1 Å². The molecular weight excluding hydrogens is 274 g/mol. The van der Waals surface area contributed by atoms with Gasteiger partial charge in [-0.25, -0.2) is 0 Å². The second-order valence-corrected chi connectivity index (χ2v) is 6.09. The van der Waals surface area contributed by atoms with Crippen molar-refractivity contribution in [1.82, 2.24) is 0 Å². The molecule has 0 bridgehead atoms. The van der Waals surface area contributed by atoms with E-state index in [1.165, 1.54) is 32.4 Å². The van der Waals surface area contributed by atoms with Crippen LogP contribution in [0, 0.1) is 0 Å². The van der Waals surface area contributed by atoms with Gasteiger partial charge in [-0.2, -0.15) is 0 Å². The van der Waals surface area contributed by atoms with Gasteiger partial charge in [0.2, 0.25) is 0 Å². The topological polar surface area (TPSA) is 55.8 Å². The van der Waals surface area contributed by atoms with E-state index < -0.39 is 13.4 Å². The standard InChI is InChI=1S/C9H11Cl2O4P/c1-14-16(13,15-2)9(12)7-4-3-6(10)5-8(7)11/h3-5,9,12H,1-2H3. The summed E-state index contributed by atoms with van der Waals surface area (Å²) in [7, 11) is -1.22. The van der Waals surface area contributed by atoms with Crippen molar-refractivity contribution in [3.05, 3.63) is 33.8 Å². The third-order valence-corrected chi connectivity index (χ3v) is 4.51. The van der Waals surface area contributed by atoms with Crippen LogP contribution in [0.3, 0.4) is 0 Å². The number of aliphatic hydroxyl groups excluding tert-OH is 1. The minimum atomic E-state index is -3.61. The quantitative estimate of drug-likeness (QED) is 0.860. The van der Waals surface area contributed by atoms with Crippen molar-refractivity contribution in [1.29, 1.82) is 0 Å². The summed E-state index contributed by atoms with van der Waals surface area (Å²) in [5, 5.41) is 10.5. The van der Waals surface area contributed by atoms with Gasteiger partial charge in [-0.3, -0.25) is 4.57 Å². The third kappa shape index (κ3) is 2.77. The van der Waals surface area contributed by atoms with Gasteiger partial charge in [0.05, 0.1) is 0 Å². The van der Waals surface area contributed by atoms with E-state index in [1.807, 2.05) is 0 Å². The van der Waals surface area contributed by atoms with Crippen molar-refractivity contribution < 1.29 is 18.7 Å². The molecule has 1 aromatic carbocycles. The Hall–Kier alpha value is -0.0900. The van der Waals surface area contributed by atoms with Gasteiger partial charge >= 0.3 is 7.60 Å². The molecule has 4 nitrogen and oxygen atoms in total. The van der Waals surface area contributed by atoms with Gasteiger partial charge < -0.3 is 14.2 Å². The summed E-state index contributed by atoms with van der Waals surface area (Å²) in [6, 6.07) is 4.44. The van der Waals surface area contributed by atoms with Crippen molar-refractivity contribution in [2.45, 2.75) is 5.85 Å². The van der Waals surface area contributed by atoms with Gasteiger partial charge in [0, 0.05) is 29.8 Å². The van der Waals surface area contributed by atoms with Crippen LogP contribution in [0.4, 0.5) is 0 Å². The molecule has 1 rings (SSSR count). The number of rotatable bonds is 4. The Morgan fingerprint density at radius 3 is 2.31 bits per heavy atom. The average Bonchev–Trinajstić information content (AvgIpc) is 2.27. The van der Waals surface area contributed by atoms with E-state index in [-0.39, 0.29) is 10.6 Å². The normalized spacial score (nSPS) is 13.8. The summed E-state index contributed by atoms with van der Waals surface area (Å²) in [5.41, 5.74) is 0.248. The molecule has 0 saturated heterocycles. The molecule has 1 N–H and O–H groups in total. The molecule has 1 aromatic rings. The molecule has 0 aliphatic rings. The largest absolute Gasteiger partial charge is 0.376 e. The summed E-state index contributed by atoms with van der Waals surface area (Å²) >= 11 is 11.6. The number of halogens is 2. The maximum absolute atomic E-state index is 11.9. The molecule has 0 fully saturated rings. The van der Waals surface area contributed by atoms with Crippen molar-refractivity contribution in [3.8, 4) is 0 Å². The van der Waals surface area contributed by atoms with Crippen LogP contribution in [0.25, 0.3) is 0 Å². The fraction of sp³-hybridized carbons (Fsp3) is 0.333. The van der Waals surface area contributed by atoms with Crippen LogP contribution >= 0.6 is 30.8 Å². The summed E-state index contributed by atoms with van der Waals surface area (Å²) < 4.78 is 21.3. The molecule has 0 aliphatic carbocycles. The minimum Gasteiger partial charge on any atom is -0.376 e. The van der Waals surface area contributed by atoms with Crippen LogP contribution in [0.5, 0.6) is 0 Å². The van der Waals surface area contributed by atoms with Gasteiger partial charge in [-0.15, -0.1) is 0 Å². The Labute approximate surface area is 104 Å². The first-order valence-electron chi connectivity index (χ1n) is 4.29. The molecule has 7 heteroatoms. The molecule has 0 radical (unpaired) electrons. The molecule has 0 heterocycles. The molecular formula is C9H11Cl2O4P. The Morgan fingerprint density at radius 2 is 1.88 bits per heavy atom. The highest BCUT2D eigenvalue weighted by atomic mass is 35.5. The van der Waals surface area contributed by atoms with Gasteiger partial charge in [0.25, 0.3) is 0 Å². The molecule has 0 aliphatic heterocycles. The number of hydrogen-bond donors (Lipinski definition) is 1. The smallest absolute Gasteiger partial charge is 0.362 e. The lowest BCUT2D eigenvalue weighted by atomic mass is 10.2. The minimum absolute atomic E-state index is 0.203. The highest BCUT2D eigenvalue weighted by molar-refractivity contribution is 7.54. The molecule has 0 saturated carbocycles. The SMILES string of the molecule is COP(=O)(OC)C(O)c1ccc(Cl)cc1Cl. The number of hydrogen-bond acceptors (Lipinski definition) is 4. The monoisotopic (exact) mass is 284 g/mol.